The second-order valence-corrected chi connectivity index (χ2v) is 10.5. The molecular formula is C21H25N3O6S. The second-order valence-electron chi connectivity index (χ2n) is 8.43. The number of fused-ring (bicyclic) bond motifs is 1. The van der Waals surface area contributed by atoms with E-state index >= 15 is 0 Å². The monoisotopic (exact) mass is 447 g/mol. The van der Waals surface area contributed by atoms with Gasteiger partial charge in [0.2, 0.25) is 0 Å². The molecule has 9 nitrogen and oxygen atoms in total. The maximum absolute atomic E-state index is 12.8. The van der Waals surface area contributed by atoms with Crippen molar-refractivity contribution < 1.29 is 27.6 Å². The summed E-state index contributed by atoms with van der Waals surface area (Å²) in [6.07, 6.45) is 4.65. The summed E-state index contributed by atoms with van der Waals surface area (Å²) in [5.41, 5.74) is 0.668. The minimum absolute atomic E-state index is 0.0145. The molecule has 0 spiro atoms. The fourth-order valence-electron chi connectivity index (χ4n) is 3.33. The highest BCUT2D eigenvalue weighted by molar-refractivity contribution is 7.92. The minimum Gasteiger partial charge on any atom is -0.455 e. The highest BCUT2D eigenvalue weighted by Crippen LogP contribution is 2.40. The van der Waals surface area contributed by atoms with Gasteiger partial charge in [0.15, 0.2) is 15.2 Å². The average molecular weight is 448 g/mol. The van der Waals surface area contributed by atoms with Gasteiger partial charge in [-0.1, -0.05) is 11.2 Å². The van der Waals surface area contributed by atoms with E-state index in [0.717, 1.165) is 10.5 Å². The third-order valence-corrected chi connectivity index (χ3v) is 6.47. The van der Waals surface area contributed by atoms with E-state index < -0.39 is 32.7 Å². The average Bonchev–Trinajstić information content (AvgIpc) is 2.64. The van der Waals surface area contributed by atoms with Gasteiger partial charge in [-0.15, -0.1) is 0 Å². The number of nitrogens with zero attached hydrogens (tertiary/aromatic N) is 3. The van der Waals surface area contributed by atoms with Crippen LogP contribution in [0.3, 0.4) is 0 Å². The Morgan fingerprint density at radius 3 is 2.71 bits per heavy atom. The Bertz CT molecular complexity index is 1100. The van der Waals surface area contributed by atoms with Crippen molar-refractivity contribution in [1.29, 1.82) is 0 Å². The number of rotatable bonds is 5. The number of sulfone groups is 1. The largest absolute Gasteiger partial charge is 0.455 e. The normalized spacial score (nSPS) is 22.2. The van der Waals surface area contributed by atoms with Gasteiger partial charge in [0.05, 0.1) is 17.0 Å². The van der Waals surface area contributed by atoms with E-state index in [-0.39, 0.29) is 29.2 Å². The Kier molecular flexibility index (Phi) is 6.04. The summed E-state index contributed by atoms with van der Waals surface area (Å²) >= 11 is 0. The number of amides is 1. The summed E-state index contributed by atoms with van der Waals surface area (Å²) in [7, 11) is -3.71. The minimum atomic E-state index is -3.71. The van der Waals surface area contributed by atoms with Crippen LogP contribution in [0, 0.1) is 0 Å². The molecule has 0 aliphatic carbocycles. The highest BCUT2D eigenvalue weighted by atomic mass is 32.2. The van der Waals surface area contributed by atoms with Crippen LogP contribution in [0.4, 0.5) is 0 Å². The van der Waals surface area contributed by atoms with Crippen LogP contribution >= 0.6 is 0 Å². The van der Waals surface area contributed by atoms with E-state index in [4.69, 9.17) is 9.57 Å². The molecule has 0 radical (unpaired) electrons. The molecule has 1 amide bonds. The lowest BCUT2D eigenvalue weighted by atomic mass is 10.0. The van der Waals surface area contributed by atoms with Gasteiger partial charge in [-0.25, -0.2) is 13.2 Å². The van der Waals surface area contributed by atoms with Crippen LogP contribution in [0.15, 0.2) is 52.6 Å². The molecule has 0 aromatic carbocycles. The Hall–Kier alpha value is -3.01. The van der Waals surface area contributed by atoms with Crippen LogP contribution in [-0.4, -0.2) is 52.6 Å². The zero-order valence-corrected chi connectivity index (χ0v) is 18.9. The summed E-state index contributed by atoms with van der Waals surface area (Å²) in [6, 6.07) is 3.59. The molecular weight excluding hydrogens is 422 g/mol. The summed E-state index contributed by atoms with van der Waals surface area (Å²) in [6.45, 7) is 8.39. The van der Waals surface area contributed by atoms with E-state index in [0.29, 0.717) is 5.71 Å². The van der Waals surface area contributed by atoms with E-state index in [1.165, 1.54) is 13.0 Å². The maximum Gasteiger partial charge on any atom is 0.355 e. The summed E-state index contributed by atoms with van der Waals surface area (Å²) in [5.74, 6) is -1.63. The molecule has 31 heavy (non-hydrogen) atoms. The summed E-state index contributed by atoms with van der Waals surface area (Å²) in [5, 5.41) is 2.68. The number of β-lactam (4-membered cyclic amide) rings is 1. The van der Waals surface area contributed by atoms with Crippen molar-refractivity contribution in [1.82, 2.24) is 9.88 Å². The Morgan fingerprint density at radius 1 is 1.39 bits per heavy atom. The molecule has 1 atom stereocenters. The molecule has 2 aliphatic rings. The van der Waals surface area contributed by atoms with Crippen molar-refractivity contribution in [2.24, 2.45) is 5.16 Å². The lowest BCUT2D eigenvalue weighted by molar-refractivity contribution is -0.155. The number of carbonyl (C=O) groups excluding carboxylic acids is 2. The Labute approximate surface area is 181 Å². The fraction of sp³-hybridized carbons (Fsp3) is 0.429. The van der Waals surface area contributed by atoms with Gasteiger partial charge in [0.25, 0.3) is 5.91 Å². The van der Waals surface area contributed by atoms with Gasteiger partial charge < -0.3 is 9.57 Å². The van der Waals surface area contributed by atoms with Gasteiger partial charge in [0, 0.05) is 18.0 Å². The zero-order chi connectivity index (χ0) is 23.0. The smallest absolute Gasteiger partial charge is 0.355 e. The SMILES string of the molecule is CC1=C(C(=O)OC(C)(C)C)N2C(=O)/C(=C/C(C)=N\OCc3cccnc3)C2S(=O)(=O)C1. The van der Waals surface area contributed by atoms with Crippen molar-refractivity contribution >= 4 is 27.4 Å². The zero-order valence-electron chi connectivity index (χ0n) is 18.1. The van der Waals surface area contributed by atoms with Crippen molar-refractivity contribution in [2.75, 3.05) is 5.75 Å². The third kappa shape index (κ3) is 4.84. The number of aromatic nitrogens is 1. The van der Waals surface area contributed by atoms with Crippen LogP contribution in [0.5, 0.6) is 0 Å². The lowest BCUT2D eigenvalue weighted by Gasteiger charge is -2.45. The van der Waals surface area contributed by atoms with Gasteiger partial charge >= 0.3 is 5.97 Å². The molecule has 1 aromatic heterocycles. The fourth-order valence-corrected chi connectivity index (χ4v) is 5.30. The maximum atomic E-state index is 12.8. The first-order valence-electron chi connectivity index (χ1n) is 9.66. The quantitative estimate of drug-likeness (QED) is 0.223. The van der Waals surface area contributed by atoms with Crippen molar-refractivity contribution in [3.8, 4) is 0 Å². The molecule has 10 heteroatoms. The standard InChI is InChI=1S/C21H25N3O6S/c1-13-12-31(27,28)19-16(9-14(2)23-29-11-15-7-6-8-22-10-15)18(25)24(19)17(13)20(26)30-21(3,4)5/h6-10,19H,11-12H2,1-5H3/b16-9-,23-14-. The van der Waals surface area contributed by atoms with E-state index in [9.17, 15) is 18.0 Å². The molecule has 0 N–H and O–H groups in total. The first-order valence-corrected chi connectivity index (χ1v) is 11.4. The molecule has 1 saturated heterocycles. The second kappa shape index (κ2) is 8.26. The number of allylic oxidation sites excluding steroid dienone is 1. The molecule has 0 saturated carbocycles. The molecule has 166 valence electrons. The molecule has 1 unspecified atom stereocenters. The van der Waals surface area contributed by atoms with E-state index in [1.54, 1.807) is 46.2 Å². The number of ether oxygens (including phenoxy) is 1. The predicted molar refractivity (Wildman–Crippen MR) is 113 cm³/mol. The number of oxime groups is 1. The number of esters is 1. The van der Waals surface area contributed by atoms with Crippen molar-refractivity contribution in [3.05, 3.63) is 53.0 Å². The highest BCUT2D eigenvalue weighted by Gasteiger charge is 2.56. The Balaban J connectivity index is 1.82. The summed E-state index contributed by atoms with van der Waals surface area (Å²) in [4.78, 5) is 35.6. The Morgan fingerprint density at radius 2 is 2.10 bits per heavy atom. The van der Waals surface area contributed by atoms with Crippen LogP contribution in [-0.2, 0) is 35.6 Å². The first kappa shape index (κ1) is 22.7. The van der Waals surface area contributed by atoms with Crippen molar-refractivity contribution in [3.63, 3.8) is 0 Å². The van der Waals surface area contributed by atoms with Gasteiger partial charge in [-0.3, -0.25) is 14.7 Å². The first-order chi connectivity index (χ1) is 14.4. The topological polar surface area (TPSA) is 115 Å². The van der Waals surface area contributed by atoms with Gasteiger partial charge in [-0.2, -0.15) is 0 Å². The van der Waals surface area contributed by atoms with E-state index in [1.807, 2.05) is 6.07 Å². The number of pyridine rings is 1. The van der Waals surface area contributed by atoms with Crippen molar-refractivity contribution in [2.45, 2.75) is 52.2 Å². The summed E-state index contributed by atoms with van der Waals surface area (Å²) < 4.78 is 30.9. The lowest BCUT2D eigenvalue weighted by Crippen LogP contribution is -2.62. The molecule has 3 rings (SSSR count). The molecule has 2 aliphatic heterocycles. The number of hydrogen-bond donors (Lipinski definition) is 0. The van der Waals surface area contributed by atoms with Gasteiger partial charge in [-0.05, 0) is 52.3 Å². The van der Waals surface area contributed by atoms with Crippen LogP contribution in [0.1, 0.15) is 40.2 Å². The molecule has 1 aromatic rings. The number of hydrogen-bond acceptors (Lipinski definition) is 8. The third-order valence-electron chi connectivity index (χ3n) is 4.49. The predicted octanol–water partition coefficient (Wildman–Crippen LogP) is 2.11. The van der Waals surface area contributed by atoms with E-state index in [2.05, 4.69) is 10.1 Å². The number of carbonyl (C=O) groups is 2. The van der Waals surface area contributed by atoms with Crippen LogP contribution in [0.25, 0.3) is 0 Å². The molecule has 3 heterocycles. The molecule has 1 fully saturated rings. The van der Waals surface area contributed by atoms with Crippen LogP contribution < -0.4 is 0 Å². The molecule has 0 bridgehead atoms. The van der Waals surface area contributed by atoms with Crippen LogP contribution in [0.2, 0.25) is 0 Å². The van der Waals surface area contributed by atoms with Gasteiger partial charge in [0.1, 0.15) is 17.9 Å².